The van der Waals surface area contributed by atoms with Crippen molar-refractivity contribution in [3.63, 3.8) is 0 Å². The van der Waals surface area contributed by atoms with Gasteiger partial charge in [0, 0.05) is 23.7 Å². The molecule has 1 fully saturated rings. The molecule has 3 rings (SSSR count). The van der Waals surface area contributed by atoms with Crippen molar-refractivity contribution in [3.8, 4) is 0 Å². The Labute approximate surface area is 164 Å². The van der Waals surface area contributed by atoms with Gasteiger partial charge in [0.15, 0.2) is 0 Å². The Kier molecular flexibility index (Phi) is 6.35. The van der Waals surface area contributed by atoms with Gasteiger partial charge in [0.2, 0.25) is 5.91 Å². The summed E-state index contributed by atoms with van der Waals surface area (Å²) in [5.41, 5.74) is 1.88. The second-order valence-electron chi connectivity index (χ2n) is 6.95. The summed E-state index contributed by atoms with van der Waals surface area (Å²) in [5, 5.41) is 6.63. The van der Waals surface area contributed by atoms with Crippen molar-refractivity contribution < 1.29 is 9.59 Å². The molecule has 2 aromatic rings. The van der Waals surface area contributed by atoms with Gasteiger partial charge in [-0.1, -0.05) is 30.7 Å². The third kappa shape index (κ3) is 5.23. The maximum absolute atomic E-state index is 12.5. The van der Waals surface area contributed by atoms with Gasteiger partial charge in [-0.15, -0.1) is 0 Å². The number of hydrogen-bond acceptors (Lipinski definition) is 3. The van der Waals surface area contributed by atoms with E-state index in [0.717, 1.165) is 25.2 Å². The van der Waals surface area contributed by atoms with Crippen LogP contribution < -0.4 is 10.6 Å². The number of halogens is 1. The molecule has 1 heterocycles. The molecule has 0 radical (unpaired) electrons. The fourth-order valence-corrected chi connectivity index (χ4v) is 3.37. The van der Waals surface area contributed by atoms with E-state index in [4.69, 9.17) is 11.6 Å². The monoisotopic (exact) mass is 385 g/mol. The molecule has 1 saturated heterocycles. The van der Waals surface area contributed by atoms with E-state index in [9.17, 15) is 9.59 Å². The zero-order valence-electron chi connectivity index (χ0n) is 15.4. The third-order valence-electron chi connectivity index (χ3n) is 4.72. The zero-order valence-corrected chi connectivity index (χ0v) is 16.1. The molecule has 2 amide bonds. The summed E-state index contributed by atoms with van der Waals surface area (Å²) in [4.78, 5) is 26.8. The maximum atomic E-state index is 12.5. The first-order valence-electron chi connectivity index (χ1n) is 9.20. The van der Waals surface area contributed by atoms with Gasteiger partial charge in [0.25, 0.3) is 5.91 Å². The summed E-state index contributed by atoms with van der Waals surface area (Å²) in [7, 11) is 0. The SMILES string of the molecule is CC1CCCN(C(=O)CNc2ccccc2NC(=O)c2ccc(Cl)cc2)C1. The van der Waals surface area contributed by atoms with Crippen LogP contribution in [0.2, 0.25) is 5.02 Å². The lowest BCUT2D eigenvalue weighted by Crippen LogP contribution is -2.42. The van der Waals surface area contributed by atoms with E-state index in [-0.39, 0.29) is 18.4 Å². The number of likely N-dealkylation sites (tertiary alicyclic amines) is 1. The van der Waals surface area contributed by atoms with Crippen molar-refractivity contribution >= 4 is 34.8 Å². The van der Waals surface area contributed by atoms with Crippen LogP contribution in [-0.2, 0) is 4.79 Å². The van der Waals surface area contributed by atoms with Crippen LogP contribution in [0.1, 0.15) is 30.1 Å². The molecule has 1 atom stereocenters. The summed E-state index contributed by atoms with van der Waals surface area (Å²) in [6.45, 7) is 4.02. The Morgan fingerprint density at radius 3 is 2.52 bits per heavy atom. The summed E-state index contributed by atoms with van der Waals surface area (Å²) in [6, 6.07) is 14.1. The third-order valence-corrected chi connectivity index (χ3v) is 4.97. The highest BCUT2D eigenvalue weighted by atomic mass is 35.5. The highest BCUT2D eigenvalue weighted by Crippen LogP contribution is 2.22. The average Bonchev–Trinajstić information content (AvgIpc) is 2.67. The van der Waals surface area contributed by atoms with Gasteiger partial charge < -0.3 is 15.5 Å². The first-order chi connectivity index (χ1) is 13.0. The average molecular weight is 386 g/mol. The number of anilines is 2. The zero-order chi connectivity index (χ0) is 19.2. The van der Waals surface area contributed by atoms with Crippen LogP contribution in [0.3, 0.4) is 0 Å². The standard InChI is InChI=1S/C21H24ClN3O2/c1-15-5-4-12-25(14-15)20(26)13-23-18-6-2-3-7-19(18)24-21(27)16-8-10-17(22)11-9-16/h2-3,6-11,15,23H,4-5,12-14H2,1H3,(H,24,27). The smallest absolute Gasteiger partial charge is 0.255 e. The Morgan fingerprint density at radius 2 is 1.81 bits per heavy atom. The van der Waals surface area contributed by atoms with Crippen LogP contribution >= 0.6 is 11.6 Å². The molecule has 27 heavy (non-hydrogen) atoms. The summed E-state index contributed by atoms with van der Waals surface area (Å²) in [6.07, 6.45) is 2.23. The predicted octanol–water partition coefficient (Wildman–Crippen LogP) is 4.26. The van der Waals surface area contributed by atoms with Crippen molar-refractivity contribution in [2.45, 2.75) is 19.8 Å². The van der Waals surface area contributed by atoms with Gasteiger partial charge in [-0.3, -0.25) is 9.59 Å². The molecule has 0 spiro atoms. The number of hydrogen-bond donors (Lipinski definition) is 2. The molecular weight excluding hydrogens is 362 g/mol. The lowest BCUT2D eigenvalue weighted by atomic mass is 10.0. The van der Waals surface area contributed by atoms with E-state index in [0.29, 0.717) is 22.2 Å². The molecule has 0 bridgehead atoms. The molecule has 1 unspecified atom stereocenters. The van der Waals surface area contributed by atoms with Crippen molar-refractivity contribution in [1.82, 2.24) is 4.90 Å². The summed E-state index contributed by atoms with van der Waals surface area (Å²) in [5.74, 6) is 0.408. The van der Waals surface area contributed by atoms with E-state index < -0.39 is 0 Å². The number of piperidine rings is 1. The molecule has 6 heteroatoms. The molecule has 142 valence electrons. The van der Waals surface area contributed by atoms with E-state index in [1.807, 2.05) is 29.2 Å². The van der Waals surface area contributed by atoms with Crippen molar-refractivity contribution in [2.75, 3.05) is 30.3 Å². The predicted molar refractivity (Wildman–Crippen MR) is 109 cm³/mol. The number of para-hydroxylation sites is 2. The lowest BCUT2D eigenvalue weighted by molar-refractivity contribution is -0.130. The van der Waals surface area contributed by atoms with Crippen molar-refractivity contribution in [3.05, 3.63) is 59.1 Å². The largest absolute Gasteiger partial charge is 0.374 e. The molecule has 2 N–H and O–H groups in total. The number of nitrogens with zero attached hydrogens (tertiary/aromatic N) is 1. The maximum Gasteiger partial charge on any atom is 0.255 e. The van der Waals surface area contributed by atoms with Gasteiger partial charge in [-0.2, -0.15) is 0 Å². The molecule has 0 aromatic heterocycles. The lowest BCUT2D eigenvalue weighted by Gasteiger charge is -2.31. The second-order valence-corrected chi connectivity index (χ2v) is 7.38. The molecular formula is C21H24ClN3O2. The van der Waals surface area contributed by atoms with Gasteiger partial charge in [-0.05, 0) is 55.2 Å². The molecule has 0 saturated carbocycles. The molecule has 1 aliphatic heterocycles. The quantitative estimate of drug-likeness (QED) is 0.808. The Morgan fingerprint density at radius 1 is 1.11 bits per heavy atom. The van der Waals surface area contributed by atoms with Crippen LogP contribution in [0.25, 0.3) is 0 Å². The van der Waals surface area contributed by atoms with Crippen LogP contribution in [0.5, 0.6) is 0 Å². The molecule has 2 aromatic carbocycles. The Bertz CT molecular complexity index is 807. The minimum Gasteiger partial charge on any atom is -0.374 e. The first-order valence-corrected chi connectivity index (χ1v) is 9.58. The number of benzene rings is 2. The number of carbonyl (C=O) groups is 2. The Hall–Kier alpha value is -2.53. The second kappa shape index (κ2) is 8.91. The van der Waals surface area contributed by atoms with Crippen LogP contribution in [0, 0.1) is 5.92 Å². The summed E-state index contributed by atoms with van der Waals surface area (Å²) >= 11 is 5.87. The first kappa shape index (κ1) is 19.2. The van der Waals surface area contributed by atoms with E-state index in [2.05, 4.69) is 17.6 Å². The summed E-state index contributed by atoms with van der Waals surface area (Å²) < 4.78 is 0. The minimum absolute atomic E-state index is 0.0837. The molecule has 0 aliphatic carbocycles. The van der Waals surface area contributed by atoms with Gasteiger partial charge in [0.05, 0.1) is 17.9 Å². The highest BCUT2D eigenvalue weighted by molar-refractivity contribution is 6.30. The van der Waals surface area contributed by atoms with Crippen LogP contribution in [0.15, 0.2) is 48.5 Å². The fourth-order valence-electron chi connectivity index (χ4n) is 3.24. The van der Waals surface area contributed by atoms with Crippen molar-refractivity contribution in [2.24, 2.45) is 5.92 Å². The molecule has 5 nitrogen and oxygen atoms in total. The van der Waals surface area contributed by atoms with Gasteiger partial charge >= 0.3 is 0 Å². The normalized spacial score (nSPS) is 16.7. The van der Waals surface area contributed by atoms with Gasteiger partial charge in [-0.25, -0.2) is 0 Å². The fraction of sp³-hybridized carbons (Fsp3) is 0.333. The Balaban J connectivity index is 1.62. The number of nitrogens with one attached hydrogen (secondary N) is 2. The van der Waals surface area contributed by atoms with Crippen LogP contribution in [-0.4, -0.2) is 36.3 Å². The minimum atomic E-state index is -0.225. The number of amides is 2. The molecule has 1 aliphatic rings. The number of carbonyl (C=O) groups excluding carboxylic acids is 2. The van der Waals surface area contributed by atoms with E-state index in [1.165, 1.54) is 6.42 Å². The van der Waals surface area contributed by atoms with E-state index in [1.54, 1.807) is 24.3 Å². The van der Waals surface area contributed by atoms with Crippen LogP contribution in [0.4, 0.5) is 11.4 Å². The number of rotatable bonds is 5. The van der Waals surface area contributed by atoms with Crippen molar-refractivity contribution in [1.29, 1.82) is 0 Å². The highest BCUT2D eigenvalue weighted by Gasteiger charge is 2.20. The van der Waals surface area contributed by atoms with E-state index >= 15 is 0 Å². The van der Waals surface area contributed by atoms with Gasteiger partial charge in [0.1, 0.15) is 0 Å². The topological polar surface area (TPSA) is 61.4 Å².